The molecule has 2 atom stereocenters. The zero-order valence-corrected chi connectivity index (χ0v) is 13.0. The summed E-state index contributed by atoms with van der Waals surface area (Å²) in [5.74, 6) is -1.02. The van der Waals surface area contributed by atoms with Crippen LogP contribution in [0.3, 0.4) is 0 Å². The van der Waals surface area contributed by atoms with E-state index in [-0.39, 0.29) is 13.0 Å². The number of halogens is 3. The van der Waals surface area contributed by atoms with Crippen molar-refractivity contribution in [3.05, 3.63) is 0 Å². The molecule has 124 valence electrons. The summed E-state index contributed by atoms with van der Waals surface area (Å²) in [6.45, 7) is 6.61. The highest BCUT2D eigenvalue weighted by atomic mass is 19.4. The van der Waals surface area contributed by atoms with Gasteiger partial charge in [-0.1, -0.05) is 6.92 Å². The summed E-state index contributed by atoms with van der Waals surface area (Å²) in [5, 5.41) is 10.0. The van der Waals surface area contributed by atoms with Gasteiger partial charge in [0.1, 0.15) is 5.60 Å². The predicted molar refractivity (Wildman–Crippen MR) is 71.8 cm³/mol. The first-order valence-electron chi connectivity index (χ1n) is 7.17. The molecule has 1 rings (SSSR count). The van der Waals surface area contributed by atoms with E-state index in [2.05, 4.69) is 0 Å². The van der Waals surface area contributed by atoms with E-state index in [0.29, 0.717) is 13.0 Å². The van der Waals surface area contributed by atoms with E-state index < -0.39 is 35.8 Å². The van der Waals surface area contributed by atoms with Gasteiger partial charge in [0.15, 0.2) is 5.60 Å². The van der Waals surface area contributed by atoms with Gasteiger partial charge in [0.25, 0.3) is 0 Å². The number of ether oxygens (including phenoxy) is 1. The fourth-order valence-corrected chi connectivity index (χ4v) is 2.58. The number of nitrogens with zero attached hydrogens (tertiary/aromatic N) is 1. The molecule has 0 bridgehead atoms. The van der Waals surface area contributed by atoms with Crippen molar-refractivity contribution in [3.63, 3.8) is 0 Å². The monoisotopic (exact) mass is 311 g/mol. The van der Waals surface area contributed by atoms with Crippen molar-refractivity contribution in [1.29, 1.82) is 0 Å². The van der Waals surface area contributed by atoms with E-state index in [9.17, 15) is 23.1 Å². The lowest BCUT2D eigenvalue weighted by atomic mass is 9.79. The molecule has 0 aromatic carbocycles. The van der Waals surface area contributed by atoms with E-state index in [1.807, 2.05) is 0 Å². The standard InChI is InChI=1S/C14H24F3NO3/c1-5-13(20,14(15,16)17)10-7-6-8-18(9-10)11(19)21-12(2,3)4/h10,20H,5-9H2,1-4H3. The molecule has 7 heteroatoms. The second kappa shape index (κ2) is 6.02. The maximum Gasteiger partial charge on any atom is 0.417 e. The van der Waals surface area contributed by atoms with Crippen LogP contribution in [-0.2, 0) is 4.74 Å². The summed E-state index contributed by atoms with van der Waals surface area (Å²) in [5.41, 5.74) is -3.46. The lowest BCUT2D eigenvalue weighted by Gasteiger charge is -2.42. The molecule has 0 aromatic rings. The van der Waals surface area contributed by atoms with Crippen molar-refractivity contribution in [2.75, 3.05) is 13.1 Å². The molecule has 1 N–H and O–H groups in total. The summed E-state index contributed by atoms with van der Waals surface area (Å²) in [4.78, 5) is 13.2. The third kappa shape index (κ3) is 4.25. The average molecular weight is 311 g/mol. The lowest BCUT2D eigenvalue weighted by molar-refractivity contribution is -0.284. The number of alkyl halides is 3. The van der Waals surface area contributed by atoms with Crippen LogP contribution in [0.1, 0.15) is 47.0 Å². The Labute approximate surface area is 123 Å². The van der Waals surface area contributed by atoms with Crippen LogP contribution in [0.25, 0.3) is 0 Å². The molecule has 0 spiro atoms. The summed E-state index contributed by atoms with van der Waals surface area (Å²) in [7, 11) is 0. The van der Waals surface area contributed by atoms with Crippen LogP contribution < -0.4 is 0 Å². The number of likely N-dealkylation sites (tertiary alicyclic amines) is 1. The normalized spacial score (nSPS) is 23.6. The topological polar surface area (TPSA) is 49.8 Å². The van der Waals surface area contributed by atoms with Crippen molar-refractivity contribution in [3.8, 4) is 0 Å². The van der Waals surface area contributed by atoms with Crippen molar-refractivity contribution in [1.82, 2.24) is 4.90 Å². The molecule has 0 aromatic heterocycles. The highest BCUT2D eigenvalue weighted by Gasteiger charge is 2.57. The summed E-state index contributed by atoms with van der Waals surface area (Å²) in [6, 6.07) is 0. The van der Waals surface area contributed by atoms with Crippen LogP contribution in [0.15, 0.2) is 0 Å². The maximum atomic E-state index is 13.1. The first-order chi connectivity index (χ1) is 9.40. The van der Waals surface area contributed by atoms with Gasteiger partial charge in [-0.25, -0.2) is 4.79 Å². The number of aliphatic hydroxyl groups is 1. The van der Waals surface area contributed by atoms with E-state index in [0.717, 1.165) is 0 Å². The van der Waals surface area contributed by atoms with Crippen molar-refractivity contribution < 1.29 is 27.8 Å². The zero-order valence-electron chi connectivity index (χ0n) is 13.0. The summed E-state index contributed by atoms with van der Waals surface area (Å²) >= 11 is 0. The Hall–Kier alpha value is -0.980. The SMILES string of the molecule is CCC(O)(C1CCCN(C(=O)OC(C)(C)C)C1)C(F)(F)F. The van der Waals surface area contributed by atoms with Crippen molar-refractivity contribution in [2.45, 2.75) is 64.3 Å². The van der Waals surface area contributed by atoms with Crippen LogP contribution in [0.5, 0.6) is 0 Å². The molecule has 1 fully saturated rings. The van der Waals surface area contributed by atoms with Gasteiger partial charge < -0.3 is 14.7 Å². The Balaban J connectivity index is 2.83. The highest BCUT2D eigenvalue weighted by Crippen LogP contribution is 2.42. The fraction of sp³-hybridized carbons (Fsp3) is 0.929. The molecule has 1 aliphatic rings. The Morgan fingerprint density at radius 3 is 2.33 bits per heavy atom. The number of carbonyl (C=O) groups excluding carboxylic acids is 1. The van der Waals surface area contributed by atoms with E-state index in [1.165, 1.54) is 11.8 Å². The number of hydrogen-bond donors (Lipinski definition) is 1. The van der Waals surface area contributed by atoms with E-state index in [1.54, 1.807) is 20.8 Å². The number of rotatable bonds is 2. The van der Waals surface area contributed by atoms with Crippen molar-refractivity contribution >= 4 is 6.09 Å². The largest absolute Gasteiger partial charge is 0.444 e. The average Bonchev–Trinajstić information content (AvgIpc) is 2.34. The second-order valence-electron chi connectivity index (χ2n) is 6.54. The third-order valence-electron chi connectivity index (χ3n) is 3.78. The molecule has 1 aliphatic heterocycles. The molecule has 2 unspecified atom stereocenters. The highest BCUT2D eigenvalue weighted by molar-refractivity contribution is 5.68. The Bertz CT molecular complexity index is 379. The summed E-state index contributed by atoms with van der Waals surface area (Å²) in [6.07, 6.45) is -5.11. The van der Waals surface area contributed by atoms with E-state index in [4.69, 9.17) is 4.74 Å². The van der Waals surface area contributed by atoms with Crippen molar-refractivity contribution in [2.24, 2.45) is 5.92 Å². The van der Waals surface area contributed by atoms with Gasteiger partial charge in [-0.2, -0.15) is 13.2 Å². The minimum Gasteiger partial charge on any atom is -0.444 e. The van der Waals surface area contributed by atoms with Gasteiger partial charge >= 0.3 is 12.3 Å². The maximum absolute atomic E-state index is 13.1. The van der Waals surface area contributed by atoms with Crippen LogP contribution in [0.2, 0.25) is 0 Å². The Morgan fingerprint density at radius 2 is 1.90 bits per heavy atom. The van der Waals surface area contributed by atoms with Gasteiger partial charge in [0, 0.05) is 19.0 Å². The zero-order chi connectivity index (χ0) is 16.5. The molecule has 1 saturated heterocycles. The molecule has 0 radical (unpaired) electrons. The summed E-state index contributed by atoms with van der Waals surface area (Å²) < 4.78 is 44.5. The van der Waals surface area contributed by atoms with Gasteiger partial charge in [-0.05, 0) is 40.0 Å². The number of piperidine rings is 1. The first kappa shape index (κ1) is 18.1. The first-order valence-corrected chi connectivity index (χ1v) is 7.17. The number of hydrogen-bond acceptors (Lipinski definition) is 3. The molecular weight excluding hydrogens is 287 g/mol. The molecule has 21 heavy (non-hydrogen) atoms. The predicted octanol–water partition coefficient (Wildman–Crippen LogP) is 3.34. The quantitative estimate of drug-likeness (QED) is 0.851. The number of carbonyl (C=O) groups is 1. The Kier molecular flexibility index (Phi) is 5.18. The molecule has 4 nitrogen and oxygen atoms in total. The lowest BCUT2D eigenvalue weighted by Crippen LogP contribution is -2.57. The van der Waals surface area contributed by atoms with E-state index >= 15 is 0 Å². The minimum atomic E-state index is -4.71. The van der Waals surface area contributed by atoms with Crippen LogP contribution in [-0.4, -0.2) is 46.6 Å². The van der Waals surface area contributed by atoms with Gasteiger partial charge in [-0.15, -0.1) is 0 Å². The van der Waals surface area contributed by atoms with Crippen LogP contribution in [0, 0.1) is 5.92 Å². The minimum absolute atomic E-state index is 0.140. The number of amides is 1. The second-order valence-corrected chi connectivity index (χ2v) is 6.54. The molecule has 0 saturated carbocycles. The van der Waals surface area contributed by atoms with Gasteiger partial charge in [0.05, 0.1) is 0 Å². The molecule has 0 aliphatic carbocycles. The van der Waals surface area contributed by atoms with Crippen LogP contribution in [0.4, 0.5) is 18.0 Å². The van der Waals surface area contributed by atoms with Crippen LogP contribution >= 0.6 is 0 Å². The fourth-order valence-electron chi connectivity index (χ4n) is 2.58. The molecule has 1 heterocycles. The molecule has 1 amide bonds. The smallest absolute Gasteiger partial charge is 0.417 e. The van der Waals surface area contributed by atoms with Gasteiger partial charge in [0.2, 0.25) is 0 Å². The van der Waals surface area contributed by atoms with Gasteiger partial charge in [-0.3, -0.25) is 0 Å². The Morgan fingerprint density at radius 1 is 1.33 bits per heavy atom. The third-order valence-corrected chi connectivity index (χ3v) is 3.78. The molecular formula is C14H24F3NO3.